The molecular weight excluding hydrogens is 212 g/mol. The van der Waals surface area contributed by atoms with Gasteiger partial charge in [0.25, 0.3) is 0 Å². The van der Waals surface area contributed by atoms with Crippen molar-refractivity contribution in [3.05, 3.63) is 12.2 Å². The summed E-state index contributed by atoms with van der Waals surface area (Å²) in [5.41, 5.74) is 0.516. The van der Waals surface area contributed by atoms with Gasteiger partial charge in [0.1, 0.15) is 0 Å². The topological polar surface area (TPSA) is 44.8 Å². The van der Waals surface area contributed by atoms with Gasteiger partial charge in [-0.15, -0.1) is 0 Å². The number of carbonyl (C=O) groups excluding carboxylic acids is 1. The number of carbonyl (C=O) groups is 1. The minimum atomic E-state index is -1.50. The Balaban J connectivity index is 3.54. The Bertz CT molecular complexity index is 202. The molecule has 0 aromatic rings. The second-order valence-electron chi connectivity index (χ2n) is 3.14. The van der Waals surface area contributed by atoms with E-state index in [2.05, 4.69) is 6.58 Å². The Hall–Kier alpha value is -0.653. The summed E-state index contributed by atoms with van der Waals surface area (Å²) in [4.78, 5) is 11.2. The van der Waals surface area contributed by atoms with Crippen molar-refractivity contribution in [2.75, 3.05) is 20.8 Å². The van der Waals surface area contributed by atoms with Gasteiger partial charge < -0.3 is 13.6 Å². The Labute approximate surface area is 93.1 Å². The molecule has 0 aliphatic rings. The lowest BCUT2D eigenvalue weighted by atomic mass is 10.2. The minimum Gasteiger partial charge on any atom is -0.462 e. The van der Waals surface area contributed by atoms with Gasteiger partial charge in [-0.05, 0) is 18.9 Å². The lowest BCUT2D eigenvalue weighted by Gasteiger charge is -2.10. The van der Waals surface area contributed by atoms with Crippen molar-refractivity contribution in [3.8, 4) is 0 Å². The van der Waals surface area contributed by atoms with Gasteiger partial charge in [-0.3, -0.25) is 0 Å². The first-order chi connectivity index (χ1) is 7.15. The third-order valence-electron chi connectivity index (χ3n) is 2.06. The molecule has 15 heavy (non-hydrogen) atoms. The molecule has 88 valence electrons. The van der Waals surface area contributed by atoms with Gasteiger partial charge in [0.15, 0.2) is 0 Å². The van der Waals surface area contributed by atoms with Crippen LogP contribution in [0, 0.1) is 0 Å². The average molecular weight is 232 g/mol. The van der Waals surface area contributed by atoms with Crippen LogP contribution in [0.25, 0.3) is 0 Å². The molecule has 0 spiro atoms. The molecule has 0 radical (unpaired) electrons. The lowest BCUT2D eigenvalue weighted by Crippen LogP contribution is -2.19. The van der Waals surface area contributed by atoms with Crippen molar-refractivity contribution < 1.29 is 18.4 Å². The third kappa shape index (κ3) is 6.43. The fraction of sp³-hybridized carbons (Fsp3) is 0.700. The van der Waals surface area contributed by atoms with Crippen LogP contribution in [0.5, 0.6) is 0 Å². The highest BCUT2D eigenvalue weighted by Crippen LogP contribution is 2.03. The summed E-state index contributed by atoms with van der Waals surface area (Å²) < 4.78 is 15.3. The van der Waals surface area contributed by atoms with Crippen molar-refractivity contribution in [2.24, 2.45) is 0 Å². The van der Waals surface area contributed by atoms with Crippen LogP contribution < -0.4 is 0 Å². The van der Waals surface area contributed by atoms with E-state index in [9.17, 15) is 4.79 Å². The fourth-order valence-corrected chi connectivity index (χ4v) is 2.16. The molecule has 0 aromatic heterocycles. The summed E-state index contributed by atoms with van der Waals surface area (Å²) in [5.74, 6) is -0.300. The van der Waals surface area contributed by atoms with Crippen molar-refractivity contribution in [2.45, 2.75) is 25.8 Å². The Morgan fingerprint density at radius 3 is 2.40 bits per heavy atom. The average Bonchev–Trinajstić information content (AvgIpc) is 2.27. The molecule has 0 saturated carbocycles. The smallest absolute Gasteiger partial charge is 0.333 e. The molecular formula is C10H20O4Si. The van der Waals surface area contributed by atoms with Gasteiger partial charge in [-0.25, -0.2) is 4.79 Å². The van der Waals surface area contributed by atoms with Gasteiger partial charge in [0, 0.05) is 19.8 Å². The van der Waals surface area contributed by atoms with Crippen LogP contribution in [-0.4, -0.2) is 36.1 Å². The molecule has 0 bridgehead atoms. The first-order valence-electron chi connectivity index (χ1n) is 5.06. The van der Waals surface area contributed by atoms with Crippen LogP contribution in [0.15, 0.2) is 12.2 Å². The minimum absolute atomic E-state index is 0.300. The van der Waals surface area contributed by atoms with Crippen molar-refractivity contribution >= 4 is 15.3 Å². The largest absolute Gasteiger partial charge is 0.462 e. The molecule has 0 aromatic carbocycles. The molecule has 0 unspecified atom stereocenters. The van der Waals surface area contributed by atoms with Crippen molar-refractivity contribution in [1.29, 1.82) is 0 Å². The summed E-state index contributed by atoms with van der Waals surface area (Å²) in [6.07, 6.45) is 1.41. The van der Waals surface area contributed by atoms with E-state index in [1.54, 1.807) is 14.2 Å². The van der Waals surface area contributed by atoms with Gasteiger partial charge in [0.2, 0.25) is 0 Å². The second kappa shape index (κ2) is 8.64. The van der Waals surface area contributed by atoms with E-state index in [0.29, 0.717) is 18.6 Å². The molecule has 0 amide bonds. The van der Waals surface area contributed by atoms with E-state index in [-0.39, 0.29) is 5.97 Å². The zero-order valence-electron chi connectivity index (χ0n) is 9.75. The molecule has 0 aliphatic heterocycles. The maximum Gasteiger partial charge on any atom is 0.333 e. The maximum atomic E-state index is 11.2. The summed E-state index contributed by atoms with van der Waals surface area (Å²) in [5, 5.41) is 0. The molecule has 0 aliphatic carbocycles. The van der Waals surface area contributed by atoms with Gasteiger partial charge in [-0.2, -0.15) is 0 Å². The van der Waals surface area contributed by atoms with E-state index in [4.69, 9.17) is 13.6 Å². The number of ether oxygens (including phenoxy) is 1. The monoisotopic (exact) mass is 232 g/mol. The highest BCUT2D eigenvalue weighted by atomic mass is 28.3. The zero-order valence-corrected chi connectivity index (χ0v) is 10.9. The molecule has 0 saturated heterocycles. The third-order valence-corrected chi connectivity index (χ3v) is 3.99. The summed E-state index contributed by atoms with van der Waals surface area (Å²) >= 11 is 0. The van der Waals surface area contributed by atoms with Crippen molar-refractivity contribution in [1.82, 2.24) is 0 Å². The second-order valence-corrected chi connectivity index (χ2v) is 5.52. The molecule has 0 rings (SSSR count). The Morgan fingerprint density at radius 1 is 1.33 bits per heavy atom. The van der Waals surface area contributed by atoms with Crippen LogP contribution in [0.2, 0.25) is 6.04 Å². The first kappa shape index (κ1) is 14.3. The zero-order chi connectivity index (χ0) is 11.7. The Kier molecular flexibility index (Phi) is 8.26. The van der Waals surface area contributed by atoms with Crippen LogP contribution in [0.4, 0.5) is 0 Å². The first-order valence-corrected chi connectivity index (χ1v) is 6.82. The summed E-state index contributed by atoms with van der Waals surface area (Å²) in [7, 11) is 1.79. The lowest BCUT2D eigenvalue weighted by molar-refractivity contribution is -0.139. The molecule has 0 heterocycles. The van der Waals surface area contributed by atoms with E-state index in [0.717, 1.165) is 12.5 Å². The standard InChI is InChI=1S/C10H20O4Si/c1-5-9(2)10(11)14-7-6-8-15(12-3)13-4/h15H,2,5-8H2,1,3-4H3. The molecule has 0 fully saturated rings. The summed E-state index contributed by atoms with van der Waals surface area (Å²) in [6.45, 7) is 5.89. The van der Waals surface area contributed by atoms with E-state index < -0.39 is 9.28 Å². The SMILES string of the molecule is C=C(CC)C(=O)OCCC[SiH](OC)OC. The predicted molar refractivity (Wildman–Crippen MR) is 61.0 cm³/mol. The van der Waals surface area contributed by atoms with E-state index in [1.165, 1.54) is 0 Å². The fourth-order valence-electron chi connectivity index (χ4n) is 0.993. The highest BCUT2D eigenvalue weighted by Gasteiger charge is 2.10. The van der Waals surface area contributed by atoms with Gasteiger partial charge in [-0.1, -0.05) is 13.5 Å². The van der Waals surface area contributed by atoms with Crippen LogP contribution in [0.3, 0.4) is 0 Å². The van der Waals surface area contributed by atoms with Gasteiger partial charge in [0.05, 0.1) is 6.61 Å². The van der Waals surface area contributed by atoms with Crippen LogP contribution >= 0.6 is 0 Å². The maximum absolute atomic E-state index is 11.2. The van der Waals surface area contributed by atoms with Crippen molar-refractivity contribution in [3.63, 3.8) is 0 Å². The number of hydrogen-bond donors (Lipinski definition) is 0. The molecule has 0 atom stereocenters. The van der Waals surface area contributed by atoms with Crippen LogP contribution in [0.1, 0.15) is 19.8 Å². The molecule has 5 heteroatoms. The summed E-state index contributed by atoms with van der Waals surface area (Å²) in [6, 6.07) is 0.846. The molecule has 4 nitrogen and oxygen atoms in total. The normalized spacial score (nSPS) is 10.4. The highest BCUT2D eigenvalue weighted by molar-refractivity contribution is 6.44. The Morgan fingerprint density at radius 2 is 1.93 bits per heavy atom. The van der Waals surface area contributed by atoms with E-state index in [1.807, 2.05) is 6.92 Å². The molecule has 0 N–H and O–H groups in total. The van der Waals surface area contributed by atoms with E-state index >= 15 is 0 Å². The number of hydrogen-bond acceptors (Lipinski definition) is 4. The number of esters is 1. The number of rotatable bonds is 8. The quantitative estimate of drug-likeness (QED) is 0.275. The predicted octanol–water partition coefficient (Wildman–Crippen LogP) is 1.40. The van der Waals surface area contributed by atoms with Crippen LogP contribution in [-0.2, 0) is 18.4 Å². The van der Waals surface area contributed by atoms with Gasteiger partial charge >= 0.3 is 15.3 Å².